The third kappa shape index (κ3) is 4.42. The van der Waals surface area contributed by atoms with E-state index in [1.807, 2.05) is 13.2 Å². The van der Waals surface area contributed by atoms with Crippen LogP contribution >= 0.6 is 0 Å². The number of hydrogen-bond donors (Lipinski definition) is 2. The van der Waals surface area contributed by atoms with Crippen LogP contribution in [0.4, 0.5) is 5.82 Å². The van der Waals surface area contributed by atoms with Crippen molar-refractivity contribution in [1.82, 2.24) is 10.3 Å². The highest BCUT2D eigenvalue weighted by molar-refractivity contribution is 5.39. The summed E-state index contributed by atoms with van der Waals surface area (Å²) in [6, 6.07) is 4.33. The van der Waals surface area contributed by atoms with Crippen molar-refractivity contribution in [3.63, 3.8) is 0 Å². The number of nitrogens with two attached hydrogens (primary N) is 1. The Hall–Kier alpha value is -1.13. The van der Waals surface area contributed by atoms with E-state index in [0.29, 0.717) is 17.8 Å². The highest BCUT2D eigenvalue weighted by Gasteiger charge is 2.30. The van der Waals surface area contributed by atoms with Crippen molar-refractivity contribution in [2.45, 2.75) is 57.6 Å². The van der Waals surface area contributed by atoms with Crippen molar-refractivity contribution in [2.75, 3.05) is 19.4 Å². The van der Waals surface area contributed by atoms with E-state index in [-0.39, 0.29) is 6.10 Å². The quantitative estimate of drug-likeness (QED) is 0.811. The molecular weight excluding hydrogens is 262 g/mol. The van der Waals surface area contributed by atoms with Crippen molar-refractivity contribution in [3.05, 3.63) is 23.9 Å². The first-order chi connectivity index (χ1) is 10.3. The number of aromatic nitrogens is 1. The van der Waals surface area contributed by atoms with Crippen LogP contribution in [0.1, 0.15) is 44.6 Å². The second-order valence-electron chi connectivity index (χ2n) is 6.01. The maximum absolute atomic E-state index is 6.01. The Kier molecular flexibility index (Phi) is 6.46. The predicted molar refractivity (Wildman–Crippen MR) is 87.2 cm³/mol. The van der Waals surface area contributed by atoms with Crippen LogP contribution in [0.25, 0.3) is 0 Å². The van der Waals surface area contributed by atoms with E-state index in [4.69, 9.17) is 10.5 Å². The lowest BCUT2D eigenvalue weighted by Crippen LogP contribution is -2.47. The van der Waals surface area contributed by atoms with Gasteiger partial charge >= 0.3 is 0 Å². The highest BCUT2D eigenvalue weighted by atomic mass is 16.5. The van der Waals surface area contributed by atoms with Gasteiger partial charge in [-0.2, -0.15) is 0 Å². The summed E-state index contributed by atoms with van der Waals surface area (Å²) in [7, 11) is 1.84. The van der Waals surface area contributed by atoms with Crippen molar-refractivity contribution in [3.8, 4) is 0 Å². The molecule has 1 aliphatic carbocycles. The van der Waals surface area contributed by atoms with Gasteiger partial charge in [0, 0.05) is 19.3 Å². The molecule has 2 rings (SSSR count). The van der Waals surface area contributed by atoms with Gasteiger partial charge in [0.1, 0.15) is 5.82 Å². The molecule has 1 fully saturated rings. The first-order valence-electron chi connectivity index (χ1n) is 8.21. The lowest BCUT2D eigenvalue weighted by Gasteiger charge is -2.35. The molecule has 1 saturated carbocycles. The number of likely N-dealkylation sites (N-methyl/N-ethyl adjacent to an activating group) is 1. The van der Waals surface area contributed by atoms with Gasteiger partial charge in [-0.15, -0.1) is 0 Å². The minimum Gasteiger partial charge on any atom is -0.383 e. The predicted octanol–water partition coefficient (Wildman–Crippen LogP) is 2.78. The molecule has 2 atom stereocenters. The van der Waals surface area contributed by atoms with E-state index < -0.39 is 0 Å². The third-order valence-corrected chi connectivity index (χ3v) is 4.62. The fourth-order valence-corrected chi connectivity index (χ4v) is 3.57. The lowest BCUT2D eigenvalue weighted by molar-refractivity contribution is 0.00871. The normalized spacial score (nSPS) is 19.3. The van der Waals surface area contributed by atoms with Gasteiger partial charge in [-0.3, -0.25) is 0 Å². The van der Waals surface area contributed by atoms with Gasteiger partial charge in [0.25, 0.3) is 0 Å². The Morgan fingerprint density at radius 1 is 1.38 bits per heavy atom. The van der Waals surface area contributed by atoms with E-state index in [1.54, 1.807) is 6.20 Å². The van der Waals surface area contributed by atoms with E-state index in [1.165, 1.54) is 32.1 Å². The monoisotopic (exact) mass is 291 g/mol. The van der Waals surface area contributed by atoms with Gasteiger partial charge < -0.3 is 15.8 Å². The summed E-state index contributed by atoms with van der Waals surface area (Å²) in [5.74, 6) is 1.30. The summed E-state index contributed by atoms with van der Waals surface area (Å²) < 4.78 is 5.89. The smallest absolute Gasteiger partial charge is 0.126 e. The SMILES string of the molecule is CCNC(Cc1cccnc1N)C(OC)C1CCCCC1. The standard InChI is InChI=1S/C17H29N3O/c1-3-19-15(12-14-10-7-11-20-17(14)18)16(21-2)13-8-5-4-6-9-13/h7,10-11,13,15-16,19H,3-6,8-9,12H2,1-2H3,(H2,18,20). The maximum atomic E-state index is 6.01. The van der Waals surface area contributed by atoms with Crippen molar-refractivity contribution < 1.29 is 4.74 Å². The highest BCUT2D eigenvalue weighted by Crippen LogP contribution is 2.30. The fourth-order valence-electron chi connectivity index (χ4n) is 3.57. The average molecular weight is 291 g/mol. The van der Waals surface area contributed by atoms with Crippen LogP contribution in [-0.4, -0.2) is 30.8 Å². The molecule has 4 heteroatoms. The van der Waals surface area contributed by atoms with Gasteiger partial charge in [0.15, 0.2) is 0 Å². The first-order valence-corrected chi connectivity index (χ1v) is 8.21. The number of anilines is 1. The minimum absolute atomic E-state index is 0.254. The molecule has 0 aromatic carbocycles. The number of nitrogens with zero attached hydrogens (tertiary/aromatic N) is 1. The van der Waals surface area contributed by atoms with E-state index in [0.717, 1.165) is 18.5 Å². The number of nitrogens with one attached hydrogen (secondary N) is 1. The number of methoxy groups -OCH3 is 1. The third-order valence-electron chi connectivity index (χ3n) is 4.62. The number of hydrogen-bond acceptors (Lipinski definition) is 4. The van der Waals surface area contributed by atoms with Crippen LogP contribution in [0.15, 0.2) is 18.3 Å². The van der Waals surface area contributed by atoms with Crippen LogP contribution in [0.5, 0.6) is 0 Å². The summed E-state index contributed by atoms with van der Waals surface area (Å²) in [5.41, 5.74) is 7.12. The van der Waals surface area contributed by atoms with E-state index >= 15 is 0 Å². The maximum Gasteiger partial charge on any atom is 0.126 e. The second kappa shape index (κ2) is 8.35. The zero-order valence-electron chi connectivity index (χ0n) is 13.3. The molecule has 0 aliphatic heterocycles. The summed E-state index contributed by atoms with van der Waals surface area (Å²) in [4.78, 5) is 4.20. The van der Waals surface area contributed by atoms with Gasteiger partial charge in [-0.25, -0.2) is 4.98 Å². The fraction of sp³-hybridized carbons (Fsp3) is 0.706. The van der Waals surface area contributed by atoms with Gasteiger partial charge in [-0.05, 0) is 43.4 Å². The largest absolute Gasteiger partial charge is 0.383 e. The van der Waals surface area contributed by atoms with Crippen LogP contribution in [0.3, 0.4) is 0 Å². The second-order valence-corrected chi connectivity index (χ2v) is 6.01. The van der Waals surface area contributed by atoms with E-state index in [9.17, 15) is 0 Å². The average Bonchev–Trinajstić information content (AvgIpc) is 2.51. The molecule has 1 aliphatic rings. The molecule has 0 bridgehead atoms. The van der Waals surface area contributed by atoms with Crippen molar-refractivity contribution >= 4 is 5.82 Å². The molecule has 3 N–H and O–H groups in total. The molecule has 0 amide bonds. The molecular formula is C17H29N3O. The summed E-state index contributed by atoms with van der Waals surface area (Å²) in [6.07, 6.45) is 9.47. The molecule has 4 nitrogen and oxygen atoms in total. The molecule has 21 heavy (non-hydrogen) atoms. The lowest BCUT2D eigenvalue weighted by atomic mass is 9.81. The van der Waals surface area contributed by atoms with E-state index in [2.05, 4.69) is 23.3 Å². The van der Waals surface area contributed by atoms with Crippen LogP contribution in [0.2, 0.25) is 0 Å². The Balaban J connectivity index is 2.10. The minimum atomic E-state index is 0.254. The Morgan fingerprint density at radius 3 is 2.76 bits per heavy atom. The molecule has 1 heterocycles. The van der Waals surface area contributed by atoms with Gasteiger partial charge in [0.05, 0.1) is 6.10 Å². The number of nitrogen functional groups attached to an aromatic ring is 1. The molecule has 0 radical (unpaired) electrons. The number of rotatable bonds is 7. The van der Waals surface area contributed by atoms with Crippen molar-refractivity contribution in [2.24, 2.45) is 5.92 Å². The Labute approximate surface area is 128 Å². The van der Waals surface area contributed by atoms with Crippen LogP contribution in [0, 0.1) is 5.92 Å². The summed E-state index contributed by atoms with van der Waals surface area (Å²) >= 11 is 0. The van der Waals surface area contributed by atoms with Crippen LogP contribution < -0.4 is 11.1 Å². The molecule has 1 aromatic rings. The van der Waals surface area contributed by atoms with Gasteiger partial charge in [-0.1, -0.05) is 32.3 Å². The number of ether oxygens (including phenoxy) is 1. The van der Waals surface area contributed by atoms with Crippen LogP contribution in [-0.2, 0) is 11.2 Å². The Bertz CT molecular complexity index is 418. The Morgan fingerprint density at radius 2 is 2.14 bits per heavy atom. The molecule has 1 aromatic heterocycles. The van der Waals surface area contributed by atoms with Gasteiger partial charge in [0.2, 0.25) is 0 Å². The summed E-state index contributed by atoms with van der Waals surface area (Å²) in [5, 5.41) is 3.60. The molecule has 0 saturated heterocycles. The number of pyridine rings is 1. The summed E-state index contributed by atoms with van der Waals surface area (Å²) in [6.45, 7) is 3.09. The molecule has 0 spiro atoms. The molecule has 2 unspecified atom stereocenters. The zero-order chi connectivity index (χ0) is 15.1. The van der Waals surface area contributed by atoms with Crippen molar-refractivity contribution in [1.29, 1.82) is 0 Å². The topological polar surface area (TPSA) is 60.2 Å². The zero-order valence-corrected chi connectivity index (χ0v) is 13.3. The molecule has 118 valence electrons. The first kappa shape index (κ1) is 16.2.